The van der Waals surface area contributed by atoms with Crippen LogP contribution in [0.5, 0.6) is 0 Å². The fourth-order valence-electron chi connectivity index (χ4n) is 1.45. The number of carbonyl (C=O) groups is 1. The predicted octanol–water partition coefficient (Wildman–Crippen LogP) is 3.08. The van der Waals surface area contributed by atoms with E-state index in [0.29, 0.717) is 18.2 Å². The van der Waals surface area contributed by atoms with Crippen LogP contribution in [0.1, 0.15) is 33.3 Å². The summed E-state index contributed by atoms with van der Waals surface area (Å²) in [4.78, 5) is 11.7. The van der Waals surface area contributed by atoms with Crippen LogP contribution in [-0.2, 0) is 4.79 Å². The zero-order valence-corrected chi connectivity index (χ0v) is 12.2. The molecule has 1 aromatic rings. The molecule has 0 saturated carbocycles. The number of carbonyl (C=O) groups excluding carboxylic acids is 1. The molecule has 1 atom stereocenters. The van der Waals surface area contributed by atoms with Gasteiger partial charge in [0.05, 0.1) is 0 Å². The van der Waals surface area contributed by atoms with Crippen LogP contribution in [0.2, 0.25) is 0 Å². The quantitative estimate of drug-likeness (QED) is 0.645. The van der Waals surface area contributed by atoms with Crippen LogP contribution in [0.3, 0.4) is 0 Å². The molecule has 0 aliphatic carbocycles. The maximum atomic E-state index is 11.7. The fraction of sp³-hybridized carbons (Fsp3) is 0.438. The van der Waals surface area contributed by atoms with Crippen molar-refractivity contribution < 1.29 is 4.79 Å². The Morgan fingerprint density at radius 2 is 2.11 bits per heavy atom. The van der Waals surface area contributed by atoms with E-state index in [-0.39, 0.29) is 11.3 Å². The summed E-state index contributed by atoms with van der Waals surface area (Å²) in [6, 6.07) is 7.44. The van der Waals surface area contributed by atoms with Crippen LogP contribution >= 0.6 is 0 Å². The molecule has 1 aromatic carbocycles. The van der Waals surface area contributed by atoms with Gasteiger partial charge in [0.15, 0.2) is 0 Å². The lowest BCUT2D eigenvalue weighted by atomic mass is 9.82. The first-order valence-electron chi connectivity index (χ1n) is 6.60. The lowest BCUT2D eigenvalue weighted by Gasteiger charge is -2.27. The van der Waals surface area contributed by atoms with Crippen LogP contribution in [0, 0.1) is 11.3 Å². The van der Waals surface area contributed by atoms with Crippen molar-refractivity contribution in [1.82, 2.24) is 5.32 Å². The van der Waals surface area contributed by atoms with Crippen molar-refractivity contribution >= 4 is 17.7 Å². The predicted molar refractivity (Wildman–Crippen MR) is 81.5 cm³/mol. The highest BCUT2D eigenvalue weighted by atomic mass is 16.1. The molecule has 1 amide bonds. The van der Waals surface area contributed by atoms with Gasteiger partial charge in [0.2, 0.25) is 5.91 Å². The minimum absolute atomic E-state index is 0.0708. The third kappa shape index (κ3) is 5.60. The van der Waals surface area contributed by atoms with E-state index in [4.69, 9.17) is 5.73 Å². The van der Waals surface area contributed by atoms with E-state index in [1.54, 1.807) is 12.2 Å². The van der Waals surface area contributed by atoms with E-state index >= 15 is 0 Å². The second-order valence-electron chi connectivity index (χ2n) is 6.02. The molecule has 3 N–H and O–H groups in total. The maximum absolute atomic E-state index is 11.7. The molecule has 0 fully saturated rings. The second kappa shape index (κ2) is 6.41. The first-order valence-corrected chi connectivity index (χ1v) is 6.60. The normalized spacial score (nSPS) is 13.5. The Kier molecular flexibility index (Phi) is 5.16. The fourth-order valence-corrected chi connectivity index (χ4v) is 1.45. The summed E-state index contributed by atoms with van der Waals surface area (Å²) in [6.07, 6.45) is 3.32. The number of nitrogens with one attached hydrogen (secondary N) is 1. The summed E-state index contributed by atoms with van der Waals surface area (Å²) in [7, 11) is 0. The summed E-state index contributed by atoms with van der Waals surface area (Å²) < 4.78 is 0. The van der Waals surface area contributed by atoms with Gasteiger partial charge in [-0.1, -0.05) is 39.8 Å². The van der Waals surface area contributed by atoms with Gasteiger partial charge in [0.1, 0.15) is 0 Å². The summed E-state index contributed by atoms with van der Waals surface area (Å²) in [5.41, 5.74) is 7.50. The van der Waals surface area contributed by atoms with Gasteiger partial charge in [-0.3, -0.25) is 4.79 Å². The third-order valence-electron chi connectivity index (χ3n) is 3.40. The minimum Gasteiger partial charge on any atom is -0.399 e. The number of hydrogen-bond acceptors (Lipinski definition) is 2. The van der Waals surface area contributed by atoms with Crippen molar-refractivity contribution in [2.45, 2.75) is 27.7 Å². The van der Waals surface area contributed by atoms with Gasteiger partial charge in [0, 0.05) is 18.3 Å². The van der Waals surface area contributed by atoms with Gasteiger partial charge in [0.25, 0.3) is 0 Å². The molecule has 0 radical (unpaired) electrons. The zero-order valence-electron chi connectivity index (χ0n) is 12.2. The van der Waals surface area contributed by atoms with Crippen molar-refractivity contribution in [2.75, 3.05) is 12.3 Å². The molecule has 0 aromatic heterocycles. The molecule has 0 aliphatic heterocycles. The van der Waals surface area contributed by atoms with Crippen LogP contribution in [0.4, 0.5) is 5.69 Å². The summed E-state index contributed by atoms with van der Waals surface area (Å²) in [5, 5.41) is 2.92. The van der Waals surface area contributed by atoms with Crippen LogP contribution < -0.4 is 11.1 Å². The Morgan fingerprint density at radius 1 is 1.42 bits per heavy atom. The van der Waals surface area contributed by atoms with Crippen molar-refractivity contribution in [1.29, 1.82) is 0 Å². The van der Waals surface area contributed by atoms with Gasteiger partial charge in [-0.2, -0.15) is 0 Å². The van der Waals surface area contributed by atoms with Crippen LogP contribution in [-0.4, -0.2) is 12.5 Å². The molecule has 0 heterocycles. The highest BCUT2D eigenvalue weighted by molar-refractivity contribution is 5.91. The molecule has 3 nitrogen and oxygen atoms in total. The molecule has 104 valence electrons. The van der Waals surface area contributed by atoms with Crippen molar-refractivity contribution in [3.8, 4) is 0 Å². The number of benzene rings is 1. The second-order valence-corrected chi connectivity index (χ2v) is 6.02. The van der Waals surface area contributed by atoms with E-state index in [0.717, 1.165) is 5.56 Å². The number of nitrogen functional groups attached to an aromatic ring is 1. The maximum Gasteiger partial charge on any atom is 0.244 e. The standard InChI is InChI=1S/C16H24N2O/c1-12(16(2,3)4)11-18-15(19)9-8-13-6-5-7-14(17)10-13/h5-10,12H,11,17H2,1-4H3,(H,18,19)/b9-8+. The molecular weight excluding hydrogens is 236 g/mol. The van der Waals surface area contributed by atoms with Gasteiger partial charge in [-0.05, 0) is 35.1 Å². The topological polar surface area (TPSA) is 55.1 Å². The Labute approximate surface area is 115 Å². The lowest BCUT2D eigenvalue weighted by molar-refractivity contribution is -0.116. The molecule has 0 spiro atoms. The summed E-state index contributed by atoms with van der Waals surface area (Å²) >= 11 is 0. The largest absolute Gasteiger partial charge is 0.399 e. The first-order chi connectivity index (χ1) is 8.79. The average molecular weight is 260 g/mol. The third-order valence-corrected chi connectivity index (χ3v) is 3.40. The average Bonchev–Trinajstić information content (AvgIpc) is 2.32. The molecule has 0 bridgehead atoms. The van der Waals surface area contributed by atoms with Gasteiger partial charge in [-0.25, -0.2) is 0 Å². The summed E-state index contributed by atoms with van der Waals surface area (Å²) in [5.74, 6) is 0.357. The molecule has 3 heteroatoms. The van der Waals surface area contributed by atoms with Gasteiger partial charge >= 0.3 is 0 Å². The minimum atomic E-state index is -0.0708. The number of anilines is 1. The van der Waals surface area contributed by atoms with Crippen LogP contribution in [0.25, 0.3) is 6.08 Å². The van der Waals surface area contributed by atoms with E-state index in [2.05, 4.69) is 33.0 Å². The van der Waals surface area contributed by atoms with E-state index in [9.17, 15) is 4.79 Å². The first kappa shape index (κ1) is 15.3. The van der Waals surface area contributed by atoms with E-state index in [1.165, 1.54) is 0 Å². The van der Waals surface area contributed by atoms with Crippen molar-refractivity contribution in [3.63, 3.8) is 0 Å². The van der Waals surface area contributed by atoms with Crippen molar-refractivity contribution in [3.05, 3.63) is 35.9 Å². The van der Waals surface area contributed by atoms with Gasteiger partial charge < -0.3 is 11.1 Å². The molecule has 1 rings (SSSR count). The van der Waals surface area contributed by atoms with Gasteiger partial charge in [-0.15, -0.1) is 0 Å². The Balaban J connectivity index is 2.48. The zero-order chi connectivity index (χ0) is 14.5. The molecule has 19 heavy (non-hydrogen) atoms. The highest BCUT2D eigenvalue weighted by Gasteiger charge is 2.19. The molecule has 0 saturated heterocycles. The Morgan fingerprint density at radius 3 is 2.68 bits per heavy atom. The van der Waals surface area contributed by atoms with Crippen molar-refractivity contribution in [2.24, 2.45) is 11.3 Å². The number of rotatable bonds is 4. The number of hydrogen-bond donors (Lipinski definition) is 2. The molecule has 1 unspecified atom stereocenters. The monoisotopic (exact) mass is 260 g/mol. The van der Waals surface area contributed by atoms with E-state index < -0.39 is 0 Å². The molecular formula is C16H24N2O. The van der Waals surface area contributed by atoms with Crippen LogP contribution in [0.15, 0.2) is 30.3 Å². The SMILES string of the molecule is CC(CNC(=O)/C=C/c1cccc(N)c1)C(C)(C)C. The number of nitrogens with two attached hydrogens (primary N) is 1. The lowest BCUT2D eigenvalue weighted by Crippen LogP contribution is -2.32. The highest BCUT2D eigenvalue weighted by Crippen LogP contribution is 2.24. The summed E-state index contributed by atoms with van der Waals surface area (Å²) in [6.45, 7) is 9.34. The smallest absolute Gasteiger partial charge is 0.244 e. The Bertz CT molecular complexity index is 458. The Hall–Kier alpha value is -1.77. The molecule has 0 aliphatic rings. The number of amides is 1. The van der Waals surface area contributed by atoms with E-state index in [1.807, 2.05) is 24.3 Å².